The van der Waals surface area contributed by atoms with Gasteiger partial charge in [0.05, 0.1) is 5.70 Å². The summed E-state index contributed by atoms with van der Waals surface area (Å²) >= 11 is 0. The number of likely N-dealkylation sites (tertiary alicyclic amines) is 1. The highest BCUT2D eigenvalue weighted by Gasteiger charge is 2.33. The number of aryl methyl sites for hydroxylation is 2. The maximum Gasteiger partial charge on any atom is 0.251 e. The van der Waals surface area contributed by atoms with E-state index in [2.05, 4.69) is 84.0 Å². The molecule has 1 saturated heterocycles. The lowest BCUT2D eigenvalue weighted by atomic mass is 9.99. The summed E-state index contributed by atoms with van der Waals surface area (Å²) < 4.78 is 1.81. The monoisotopic (exact) mass is 414 g/mol. The number of nitrogens with zero attached hydrogens (tertiary/aromatic N) is 6. The number of benzene rings is 2. The second-order valence-corrected chi connectivity index (χ2v) is 8.37. The Kier molecular flexibility index (Phi) is 5.02. The van der Waals surface area contributed by atoms with Crippen molar-refractivity contribution < 1.29 is 4.79 Å². The van der Waals surface area contributed by atoms with Crippen LogP contribution in [0.5, 0.6) is 0 Å². The number of anilines is 1. The van der Waals surface area contributed by atoms with E-state index < -0.39 is 0 Å². The molecule has 31 heavy (non-hydrogen) atoms. The molecule has 3 heterocycles. The molecule has 2 aromatic carbocycles. The van der Waals surface area contributed by atoms with Crippen molar-refractivity contribution in [3.8, 4) is 0 Å². The highest BCUT2D eigenvalue weighted by Crippen LogP contribution is 2.36. The molecular weight excluding hydrogens is 388 g/mol. The Morgan fingerprint density at radius 2 is 1.61 bits per heavy atom. The number of hydrogen-bond donors (Lipinski definition) is 0. The van der Waals surface area contributed by atoms with Gasteiger partial charge >= 0.3 is 0 Å². The van der Waals surface area contributed by atoms with E-state index in [-0.39, 0.29) is 18.5 Å². The van der Waals surface area contributed by atoms with E-state index in [4.69, 9.17) is 0 Å². The third-order valence-corrected chi connectivity index (χ3v) is 6.11. The van der Waals surface area contributed by atoms with Crippen molar-refractivity contribution >= 4 is 17.6 Å². The number of rotatable bonds is 4. The molecule has 0 saturated carbocycles. The molecule has 7 heteroatoms. The Morgan fingerprint density at radius 3 is 2.29 bits per heavy atom. The van der Waals surface area contributed by atoms with Crippen LogP contribution >= 0.6 is 0 Å². The van der Waals surface area contributed by atoms with Gasteiger partial charge in [-0.2, -0.15) is 4.68 Å². The second kappa shape index (κ2) is 7.98. The van der Waals surface area contributed by atoms with Crippen molar-refractivity contribution in [1.82, 2.24) is 25.1 Å². The van der Waals surface area contributed by atoms with E-state index in [0.717, 1.165) is 42.8 Å². The number of fused-ring (bicyclic) bond motifs is 1. The lowest BCUT2D eigenvalue weighted by molar-refractivity contribution is -0.128. The van der Waals surface area contributed by atoms with Gasteiger partial charge in [0.25, 0.3) is 5.95 Å². The van der Waals surface area contributed by atoms with Crippen molar-refractivity contribution in [2.24, 2.45) is 0 Å². The molecule has 1 fully saturated rings. The van der Waals surface area contributed by atoms with Crippen LogP contribution in [0.4, 0.5) is 5.95 Å². The fraction of sp³-hybridized carbons (Fsp3) is 0.333. The summed E-state index contributed by atoms with van der Waals surface area (Å²) in [5.41, 5.74) is 5.51. The van der Waals surface area contributed by atoms with E-state index in [1.807, 2.05) is 9.80 Å². The van der Waals surface area contributed by atoms with Gasteiger partial charge in [-0.1, -0.05) is 64.8 Å². The Balaban J connectivity index is 1.58. The molecule has 158 valence electrons. The van der Waals surface area contributed by atoms with Crippen LogP contribution in [-0.2, 0) is 4.79 Å². The van der Waals surface area contributed by atoms with E-state index in [1.54, 1.807) is 4.68 Å². The molecule has 5 rings (SSSR count). The molecule has 3 aromatic rings. The molecule has 2 aliphatic heterocycles. The number of aromatic nitrogens is 4. The fourth-order valence-corrected chi connectivity index (χ4v) is 4.30. The zero-order chi connectivity index (χ0) is 21.4. The van der Waals surface area contributed by atoms with Gasteiger partial charge in [0.15, 0.2) is 0 Å². The number of carbonyl (C=O) groups is 1. The maximum atomic E-state index is 13.0. The van der Waals surface area contributed by atoms with Crippen LogP contribution in [0, 0.1) is 13.8 Å². The number of amides is 1. The first-order valence-corrected chi connectivity index (χ1v) is 10.8. The van der Waals surface area contributed by atoms with Crippen molar-refractivity contribution in [3.05, 3.63) is 76.9 Å². The van der Waals surface area contributed by atoms with Crippen molar-refractivity contribution in [1.29, 1.82) is 0 Å². The normalized spacial score (nSPS) is 18.1. The number of allylic oxidation sites excluding steroid dienone is 1. The zero-order valence-corrected chi connectivity index (χ0v) is 17.9. The molecular formula is C24H26N6O. The van der Waals surface area contributed by atoms with Gasteiger partial charge < -0.3 is 4.90 Å². The Hall–Kier alpha value is -3.48. The Bertz CT molecular complexity index is 1110. The van der Waals surface area contributed by atoms with E-state index in [9.17, 15) is 4.79 Å². The summed E-state index contributed by atoms with van der Waals surface area (Å²) in [5, 5.41) is 12.6. The average molecular weight is 415 g/mol. The largest absolute Gasteiger partial charge is 0.341 e. The number of hydrogen-bond acceptors (Lipinski definition) is 5. The lowest BCUT2D eigenvalue weighted by Crippen LogP contribution is -2.41. The third kappa shape index (κ3) is 3.71. The standard InChI is InChI=1S/C24H26N6O/c1-17-5-9-19(10-6-17)21-15-22(20-11-7-18(2)8-12-20)30-24(25-26-27-30)29(21)16-23(31)28-13-3-4-14-28/h5-12,15,22H,3-4,13-14,16H2,1-2H3/t22-/m0/s1. The molecule has 0 unspecified atom stereocenters. The average Bonchev–Trinajstić information content (AvgIpc) is 3.48. The van der Waals surface area contributed by atoms with E-state index >= 15 is 0 Å². The van der Waals surface area contributed by atoms with E-state index in [1.165, 1.54) is 11.1 Å². The van der Waals surface area contributed by atoms with Crippen LogP contribution in [0.15, 0.2) is 54.6 Å². The minimum Gasteiger partial charge on any atom is -0.341 e. The maximum absolute atomic E-state index is 13.0. The second-order valence-electron chi connectivity index (χ2n) is 8.37. The van der Waals surface area contributed by atoms with Crippen LogP contribution in [0.2, 0.25) is 0 Å². The highest BCUT2D eigenvalue weighted by molar-refractivity contribution is 5.89. The first-order valence-electron chi connectivity index (χ1n) is 10.8. The Morgan fingerprint density at radius 1 is 0.968 bits per heavy atom. The summed E-state index contributed by atoms with van der Waals surface area (Å²) in [5.74, 6) is 0.704. The molecule has 0 aliphatic carbocycles. The summed E-state index contributed by atoms with van der Waals surface area (Å²) in [7, 11) is 0. The molecule has 0 spiro atoms. The van der Waals surface area contributed by atoms with Crippen LogP contribution in [-0.4, -0.2) is 50.6 Å². The predicted octanol–water partition coefficient (Wildman–Crippen LogP) is 3.36. The molecule has 2 aliphatic rings. The first kappa shape index (κ1) is 19.5. The fourth-order valence-electron chi connectivity index (χ4n) is 4.30. The quantitative estimate of drug-likeness (QED) is 0.655. The van der Waals surface area contributed by atoms with Crippen LogP contribution < -0.4 is 4.90 Å². The summed E-state index contributed by atoms with van der Waals surface area (Å²) in [6.45, 7) is 6.02. The van der Waals surface area contributed by atoms with Crippen molar-refractivity contribution in [2.75, 3.05) is 24.5 Å². The van der Waals surface area contributed by atoms with Gasteiger partial charge in [0, 0.05) is 13.1 Å². The SMILES string of the molecule is Cc1ccc(C2=C[C@@H](c3ccc(C)cc3)n3nnnc3N2CC(=O)N2CCCC2)cc1. The van der Waals surface area contributed by atoms with Gasteiger partial charge in [-0.05, 0) is 54.3 Å². The van der Waals surface area contributed by atoms with Crippen LogP contribution in [0.1, 0.15) is 41.1 Å². The lowest BCUT2D eigenvalue weighted by Gasteiger charge is -2.33. The van der Waals surface area contributed by atoms with Gasteiger partial charge in [0.2, 0.25) is 5.91 Å². The predicted molar refractivity (Wildman–Crippen MR) is 119 cm³/mol. The molecule has 0 bridgehead atoms. The van der Waals surface area contributed by atoms with Crippen molar-refractivity contribution in [2.45, 2.75) is 32.7 Å². The van der Waals surface area contributed by atoms with Gasteiger partial charge in [-0.25, -0.2) is 0 Å². The summed E-state index contributed by atoms with van der Waals surface area (Å²) in [6.07, 6.45) is 4.30. The van der Waals surface area contributed by atoms with E-state index in [0.29, 0.717) is 5.95 Å². The molecule has 0 radical (unpaired) electrons. The highest BCUT2D eigenvalue weighted by atomic mass is 16.2. The smallest absolute Gasteiger partial charge is 0.251 e. The number of carbonyl (C=O) groups excluding carboxylic acids is 1. The van der Waals surface area contributed by atoms with Gasteiger partial charge in [-0.3, -0.25) is 9.69 Å². The van der Waals surface area contributed by atoms with Gasteiger partial charge in [0.1, 0.15) is 12.6 Å². The minimum absolute atomic E-state index is 0.110. The molecule has 1 amide bonds. The van der Waals surface area contributed by atoms with Gasteiger partial charge in [-0.15, -0.1) is 0 Å². The summed E-state index contributed by atoms with van der Waals surface area (Å²) in [6, 6.07) is 16.7. The first-order chi connectivity index (χ1) is 15.1. The summed E-state index contributed by atoms with van der Waals surface area (Å²) in [4.78, 5) is 16.9. The molecule has 0 N–H and O–H groups in total. The third-order valence-electron chi connectivity index (χ3n) is 6.11. The zero-order valence-electron chi connectivity index (χ0n) is 17.9. The minimum atomic E-state index is -0.139. The van der Waals surface area contributed by atoms with Crippen molar-refractivity contribution in [3.63, 3.8) is 0 Å². The van der Waals surface area contributed by atoms with Crippen LogP contribution in [0.25, 0.3) is 5.70 Å². The molecule has 1 atom stereocenters. The number of tetrazole rings is 1. The molecule has 7 nitrogen and oxygen atoms in total. The van der Waals surface area contributed by atoms with Crippen LogP contribution in [0.3, 0.4) is 0 Å². The molecule has 1 aromatic heterocycles. The topological polar surface area (TPSA) is 67.2 Å². The Labute approximate surface area is 182 Å².